The first kappa shape index (κ1) is 20.1. The zero-order chi connectivity index (χ0) is 19.1. The van der Waals surface area contributed by atoms with Crippen LogP contribution in [0.15, 0.2) is 23.4 Å². The second kappa shape index (κ2) is 9.47. The molecule has 0 saturated heterocycles. The van der Waals surface area contributed by atoms with E-state index in [0.29, 0.717) is 29.7 Å². The Balaban J connectivity index is 1.79. The van der Waals surface area contributed by atoms with Crippen molar-refractivity contribution in [2.45, 2.75) is 31.3 Å². The van der Waals surface area contributed by atoms with Gasteiger partial charge in [-0.05, 0) is 24.1 Å². The molecule has 0 unspecified atom stereocenters. The average molecular weight is 378 g/mol. The third-order valence-corrected chi connectivity index (χ3v) is 4.92. The second-order valence-corrected chi connectivity index (χ2v) is 7.07. The van der Waals surface area contributed by atoms with Gasteiger partial charge in [0.25, 0.3) is 0 Å². The Morgan fingerprint density at radius 3 is 2.58 bits per heavy atom. The molecule has 1 N–H and O–H groups in total. The van der Waals surface area contributed by atoms with Crippen molar-refractivity contribution in [1.82, 2.24) is 20.1 Å². The summed E-state index contributed by atoms with van der Waals surface area (Å²) in [6, 6.07) is 5.76. The van der Waals surface area contributed by atoms with Crippen molar-refractivity contribution in [3.8, 4) is 11.5 Å². The maximum absolute atomic E-state index is 12.0. The molecule has 142 valence electrons. The van der Waals surface area contributed by atoms with Gasteiger partial charge in [-0.25, -0.2) is 0 Å². The Morgan fingerprint density at radius 1 is 1.23 bits per heavy atom. The Hall–Kier alpha value is -2.22. The highest BCUT2D eigenvalue weighted by molar-refractivity contribution is 7.99. The van der Waals surface area contributed by atoms with Gasteiger partial charge >= 0.3 is 0 Å². The monoisotopic (exact) mass is 378 g/mol. The molecule has 2 rings (SSSR count). The van der Waals surface area contributed by atoms with Gasteiger partial charge in [0.2, 0.25) is 5.91 Å². The lowest BCUT2D eigenvalue weighted by atomic mass is 10.1. The summed E-state index contributed by atoms with van der Waals surface area (Å²) in [4.78, 5) is 12.0. The van der Waals surface area contributed by atoms with Gasteiger partial charge in [-0.3, -0.25) is 4.79 Å². The molecule has 0 saturated carbocycles. The second-order valence-electron chi connectivity index (χ2n) is 6.13. The maximum Gasteiger partial charge on any atom is 0.230 e. The van der Waals surface area contributed by atoms with Gasteiger partial charge in [-0.2, -0.15) is 0 Å². The number of aromatic nitrogens is 3. The zero-order valence-electron chi connectivity index (χ0n) is 15.9. The molecule has 26 heavy (non-hydrogen) atoms. The minimum absolute atomic E-state index is 0.0235. The fourth-order valence-corrected chi connectivity index (χ4v) is 3.27. The van der Waals surface area contributed by atoms with Gasteiger partial charge in [-0.1, -0.05) is 31.7 Å². The van der Waals surface area contributed by atoms with Crippen LogP contribution < -0.4 is 14.8 Å². The molecule has 1 aromatic heterocycles. The van der Waals surface area contributed by atoms with E-state index in [1.807, 2.05) is 29.8 Å². The predicted octanol–water partition coefficient (Wildman–Crippen LogP) is 2.41. The first-order chi connectivity index (χ1) is 12.5. The number of ether oxygens (including phenoxy) is 2. The zero-order valence-corrected chi connectivity index (χ0v) is 16.7. The first-order valence-electron chi connectivity index (χ1n) is 8.46. The van der Waals surface area contributed by atoms with Crippen molar-refractivity contribution in [1.29, 1.82) is 0 Å². The predicted molar refractivity (Wildman–Crippen MR) is 102 cm³/mol. The first-order valence-corrected chi connectivity index (χ1v) is 9.44. The number of carbonyl (C=O) groups excluding carboxylic acids is 1. The van der Waals surface area contributed by atoms with E-state index in [1.165, 1.54) is 11.8 Å². The highest BCUT2D eigenvalue weighted by atomic mass is 32.2. The van der Waals surface area contributed by atoms with Crippen molar-refractivity contribution in [2.24, 2.45) is 7.05 Å². The van der Waals surface area contributed by atoms with Crippen LogP contribution in [0.3, 0.4) is 0 Å². The third kappa shape index (κ3) is 5.14. The lowest BCUT2D eigenvalue weighted by Crippen LogP contribution is -2.27. The van der Waals surface area contributed by atoms with Gasteiger partial charge in [-0.15, -0.1) is 10.2 Å². The minimum Gasteiger partial charge on any atom is -0.493 e. The molecular formula is C18H26N4O3S. The topological polar surface area (TPSA) is 78.3 Å². The van der Waals surface area contributed by atoms with Crippen LogP contribution in [0.25, 0.3) is 0 Å². The fraction of sp³-hybridized carbons (Fsp3) is 0.500. The van der Waals surface area contributed by atoms with E-state index in [1.54, 1.807) is 14.2 Å². The number of carbonyl (C=O) groups is 1. The van der Waals surface area contributed by atoms with E-state index in [-0.39, 0.29) is 5.91 Å². The number of methoxy groups -OCH3 is 2. The Labute approximate surface area is 158 Å². The molecule has 7 nitrogen and oxygen atoms in total. The van der Waals surface area contributed by atoms with Crippen molar-refractivity contribution in [3.63, 3.8) is 0 Å². The number of nitrogens with one attached hydrogen (secondary N) is 1. The summed E-state index contributed by atoms with van der Waals surface area (Å²) in [6.07, 6.45) is 0.720. The van der Waals surface area contributed by atoms with Crippen LogP contribution in [0.2, 0.25) is 0 Å². The minimum atomic E-state index is -0.0235. The maximum atomic E-state index is 12.0. The molecule has 1 amide bonds. The Bertz CT molecular complexity index is 746. The molecule has 0 spiro atoms. The molecule has 1 aromatic carbocycles. The highest BCUT2D eigenvalue weighted by Crippen LogP contribution is 2.27. The molecular weight excluding hydrogens is 352 g/mol. The largest absolute Gasteiger partial charge is 0.493 e. The molecule has 8 heteroatoms. The van der Waals surface area contributed by atoms with E-state index in [2.05, 4.69) is 29.4 Å². The van der Waals surface area contributed by atoms with Crippen LogP contribution >= 0.6 is 11.8 Å². The Morgan fingerprint density at radius 2 is 1.96 bits per heavy atom. The number of amides is 1. The van der Waals surface area contributed by atoms with Gasteiger partial charge in [0.15, 0.2) is 16.7 Å². The van der Waals surface area contributed by atoms with Crippen LogP contribution in [-0.4, -0.2) is 47.2 Å². The number of hydrogen-bond donors (Lipinski definition) is 1. The summed E-state index contributed by atoms with van der Waals surface area (Å²) in [6.45, 7) is 4.70. The van der Waals surface area contributed by atoms with Crippen LogP contribution in [0, 0.1) is 0 Å². The molecule has 0 bridgehead atoms. The van der Waals surface area contributed by atoms with Gasteiger partial charge in [0.1, 0.15) is 5.82 Å². The van der Waals surface area contributed by atoms with Crippen molar-refractivity contribution in [2.75, 3.05) is 26.5 Å². The molecule has 0 fully saturated rings. The molecule has 2 aromatic rings. The van der Waals surface area contributed by atoms with E-state index in [9.17, 15) is 4.79 Å². The quantitative estimate of drug-likeness (QED) is 0.675. The summed E-state index contributed by atoms with van der Waals surface area (Å²) in [7, 11) is 5.14. The highest BCUT2D eigenvalue weighted by Gasteiger charge is 2.13. The number of thioether (sulfide) groups is 1. The van der Waals surface area contributed by atoms with E-state index < -0.39 is 0 Å². The molecule has 0 aliphatic carbocycles. The van der Waals surface area contributed by atoms with Crippen molar-refractivity contribution < 1.29 is 14.3 Å². The summed E-state index contributed by atoms with van der Waals surface area (Å²) < 4.78 is 12.5. The molecule has 0 aliphatic rings. The standard InChI is InChI=1S/C18H26N4O3S/c1-12(2)17-20-21-18(22(17)3)26-11-16(23)19-9-8-13-6-7-14(24-4)15(10-13)25-5/h6-7,10,12H,8-9,11H2,1-5H3,(H,19,23). The third-order valence-electron chi connectivity index (χ3n) is 3.90. The van der Waals surface area contributed by atoms with Gasteiger partial charge in [0.05, 0.1) is 20.0 Å². The van der Waals surface area contributed by atoms with E-state index in [4.69, 9.17) is 9.47 Å². The number of rotatable bonds is 9. The number of benzene rings is 1. The molecule has 1 heterocycles. The van der Waals surface area contributed by atoms with E-state index in [0.717, 1.165) is 23.0 Å². The van der Waals surface area contributed by atoms with Crippen LogP contribution in [0.5, 0.6) is 11.5 Å². The average Bonchev–Trinajstić information content (AvgIpc) is 3.00. The molecule has 0 radical (unpaired) electrons. The van der Waals surface area contributed by atoms with Crippen LogP contribution in [0.4, 0.5) is 0 Å². The SMILES string of the molecule is COc1ccc(CCNC(=O)CSc2nnc(C(C)C)n2C)cc1OC. The van der Waals surface area contributed by atoms with Gasteiger partial charge < -0.3 is 19.4 Å². The van der Waals surface area contributed by atoms with Gasteiger partial charge in [0, 0.05) is 19.5 Å². The van der Waals surface area contributed by atoms with Crippen LogP contribution in [-0.2, 0) is 18.3 Å². The van der Waals surface area contributed by atoms with Crippen LogP contribution in [0.1, 0.15) is 31.2 Å². The molecule has 0 atom stereocenters. The summed E-state index contributed by atoms with van der Waals surface area (Å²) >= 11 is 1.39. The molecule has 0 aliphatic heterocycles. The number of hydrogen-bond acceptors (Lipinski definition) is 6. The summed E-state index contributed by atoms with van der Waals surface area (Å²) in [5.74, 6) is 2.90. The van der Waals surface area contributed by atoms with E-state index >= 15 is 0 Å². The van der Waals surface area contributed by atoms with Crippen molar-refractivity contribution >= 4 is 17.7 Å². The number of nitrogens with zero attached hydrogens (tertiary/aromatic N) is 3. The summed E-state index contributed by atoms with van der Waals surface area (Å²) in [5, 5.41) is 12.0. The summed E-state index contributed by atoms with van der Waals surface area (Å²) in [5.41, 5.74) is 1.07. The lowest BCUT2D eigenvalue weighted by molar-refractivity contribution is -0.118. The Kier molecular flexibility index (Phi) is 7.32. The fourth-order valence-electron chi connectivity index (χ4n) is 2.52. The lowest BCUT2D eigenvalue weighted by Gasteiger charge is -2.10. The van der Waals surface area contributed by atoms with Crippen molar-refractivity contribution in [3.05, 3.63) is 29.6 Å². The normalized spacial score (nSPS) is 10.8. The smallest absolute Gasteiger partial charge is 0.230 e.